The minimum Gasteiger partial charge on any atom is -0.383 e. The second-order valence-electron chi connectivity index (χ2n) is 3.90. The van der Waals surface area contributed by atoms with Crippen LogP contribution < -0.4 is 10.6 Å². The average molecular weight is 253 g/mol. The molecule has 0 radical (unpaired) electrons. The second kappa shape index (κ2) is 7.62. The molecule has 6 heteroatoms. The van der Waals surface area contributed by atoms with Crippen molar-refractivity contribution in [1.29, 1.82) is 0 Å². The van der Waals surface area contributed by atoms with Crippen LogP contribution in [0.15, 0.2) is 18.2 Å². The predicted octanol–water partition coefficient (Wildman–Crippen LogP) is 1.55. The van der Waals surface area contributed by atoms with Crippen LogP contribution >= 0.6 is 0 Å². The molecule has 0 saturated heterocycles. The van der Waals surface area contributed by atoms with E-state index in [1.54, 1.807) is 13.2 Å². The monoisotopic (exact) mass is 253 g/mol. The Labute approximate surface area is 106 Å². The van der Waals surface area contributed by atoms with Crippen LogP contribution in [0.25, 0.3) is 0 Å². The van der Waals surface area contributed by atoms with Crippen molar-refractivity contribution >= 4 is 11.4 Å². The van der Waals surface area contributed by atoms with E-state index in [1.165, 1.54) is 6.07 Å². The number of hydrogen-bond donors (Lipinski definition) is 2. The van der Waals surface area contributed by atoms with E-state index >= 15 is 0 Å². The van der Waals surface area contributed by atoms with Crippen LogP contribution in [0.3, 0.4) is 0 Å². The molecule has 0 unspecified atom stereocenters. The fourth-order valence-corrected chi connectivity index (χ4v) is 1.61. The highest BCUT2D eigenvalue weighted by atomic mass is 16.6. The molecule has 1 aromatic carbocycles. The summed E-state index contributed by atoms with van der Waals surface area (Å²) in [5, 5.41) is 17.1. The number of nitro benzene ring substituents is 1. The van der Waals surface area contributed by atoms with Gasteiger partial charge in [0.15, 0.2) is 0 Å². The number of nitro groups is 1. The summed E-state index contributed by atoms with van der Waals surface area (Å²) in [6, 6.07) is 5.05. The highest BCUT2D eigenvalue weighted by Gasteiger charge is 2.14. The van der Waals surface area contributed by atoms with Gasteiger partial charge in [-0.05, 0) is 12.5 Å². The Morgan fingerprint density at radius 2 is 2.11 bits per heavy atom. The van der Waals surface area contributed by atoms with Crippen molar-refractivity contribution in [3.63, 3.8) is 0 Å². The smallest absolute Gasteiger partial charge is 0.292 e. The fourth-order valence-electron chi connectivity index (χ4n) is 1.61. The van der Waals surface area contributed by atoms with Crippen molar-refractivity contribution < 1.29 is 9.66 Å². The van der Waals surface area contributed by atoms with Crippen LogP contribution in [0.4, 0.5) is 11.4 Å². The van der Waals surface area contributed by atoms with E-state index in [4.69, 9.17) is 4.74 Å². The normalized spacial score (nSPS) is 10.3. The minimum atomic E-state index is -0.367. The van der Waals surface area contributed by atoms with Gasteiger partial charge in [0.1, 0.15) is 5.69 Å². The number of anilines is 1. The highest BCUT2D eigenvalue weighted by molar-refractivity contribution is 5.65. The van der Waals surface area contributed by atoms with Gasteiger partial charge in [0.2, 0.25) is 0 Å². The first-order chi connectivity index (χ1) is 8.66. The number of methoxy groups -OCH3 is 1. The van der Waals surface area contributed by atoms with E-state index in [0.29, 0.717) is 18.8 Å². The molecule has 0 aliphatic rings. The third kappa shape index (κ3) is 4.31. The third-order valence-electron chi connectivity index (χ3n) is 2.53. The van der Waals surface area contributed by atoms with Crippen molar-refractivity contribution in [3.05, 3.63) is 33.9 Å². The molecule has 18 heavy (non-hydrogen) atoms. The maximum atomic E-state index is 10.9. The number of rotatable bonds is 8. The zero-order valence-corrected chi connectivity index (χ0v) is 10.7. The Balaban J connectivity index is 2.48. The molecule has 0 atom stereocenters. The van der Waals surface area contributed by atoms with Crippen LogP contribution in [0, 0.1) is 17.0 Å². The maximum absolute atomic E-state index is 10.9. The zero-order valence-electron chi connectivity index (χ0n) is 10.7. The molecule has 100 valence electrons. The molecular formula is C12H19N3O3. The van der Waals surface area contributed by atoms with E-state index < -0.39 is 0 Å². The molecular weight excluding hydrogens is 234 g/mol. The van der Waals surface area contributed by atoms with Gasteiger partial charge in [-0.25, -0.2) is 0 Å². The molecule has 2 N–H and O–H groups in total. The molecule has 0 saturated carbocycles. The lowest BCUT2D eigenvalue weighted by molar-refractivity contribution is -0.384. The predicted molar refractivity (Wildman–Crippen MR) is 71.1 cm³/mol. The minimum absolute atomic E-state index is 0.117. The number of aryl methyl sites for hydroxylation is 1. The Morgan fingerprint density at radius 1 is 1.33 bits per heavy atom. The van der Waals surface area contributed by atoms with Crippen LogP contribution in [0.2, 0.25) is 0 Å². The first-order valence-corrected chi connectivity index (χ1v) is 5.84. The van der Waals surface area contributed by atoms with Gasteiger partial charge in [0.05, 0.1) is 11.5 Å². The summed E-state index contributed by atoms with van der Waals surface area (Å²) >= 11 is 0. The Bertz CT molecular complexity index is 396. The number of nitrogens with one attached hydrogen (secondary N) is 2. The second-order valence-corrected chi connectivity index (χ2v) is 3.90. The van der Waals surface area contributed by atoms with Gasteiger partial charge in [-0.1, -0.05) is 12.1 Å². The van der Waals surface area contributed by atoms with Gasteiger partial charge in [-0.3, -0.25) is 10.1 Å². The van der Waals surface area contributed by atoms with Gasteiger partial charge >= 0.3 is 0 Å². The van der Waals surface area contributed by atoms with Crippen molar-refractivity contribution in [3.8, 4) is 0 Å². The maximum Gasteiger partial charge on any atom is 0.292 e. The number of ether oxygens (including phenoxy) is 1. The first kappa shape index (κ1) is 14.4. The van der Waals surface area contributed by atoms with E-state index in [1.807, 2.05) is 13.0 Å². The molecule has 0 heterocycles. The molecule has 0 amide bonds. The van der Waals surface area contributed by atoms with E-state index in [9.17, 15) is 10.1 Å². The summed E-state index contributed by atoms with van der Waals surface area (Å²) in [7, 11) is 1.65. The number of para-hydroxylation sites is 1. The van der Waals surface area contributed by atoms with Gasteiger partial charge in [0.25, 0.3) is 5.69 Å². The average Bonchev–Trinajstić information content (AvgIpc) is 2.34. The summed E-state index contributed by atoms with van der Waals surface area (Å²) in [6.45, 7) is 4.65. The molecule has 1 rings (SSSR count). The van der Waals surface area contributed by atoms with E-state index in [-0.39, 0.29) is 10.6 Å². The Morgan fingerprint density at radius 3 is 2.78 bits per heavy atom. The number of nitrogens with zero attached hydrogens (tertiary/aromatic N) is 1. The molecule has 0 aliphatic carbocycles. The van der Waals surface area contributed by atoms with Crippen LogP contribution in [-0.2, 0) is 4.74 Å². The molecule has 0 aromatic heterocycles. The zero-order chi connectivity index (χ0) is 13.4. The summed E-state index contributed by atoms with van der Waals surface area (Å²) in [5.41, 5.74) is 1.59. The molecule has 0 fully saturated rings. The first-order valence-electron chi connectivity index (χ1n) is 5.84. The third-order valence-corrected chi connectivity index (χ3v) is 2.53. The largest absolute Gasteiger partial charge is 0.383 e. The van der Waals surface area contributed by atoms with Crippen molar-refractivity contribution in [2.75, 3.05) is 38.7 Å². The Kier molecular flexibility index (Phi) is 6.10. The topological polar surface area (TPSA) is 76.4 Å². The summed E-state index contributed by atoms with van der Waals surface area (Å²) in [5.74, 6) is 0. The van der Waals surface area contributed by atoms with Gasteiger partial charge in [-0.2, -0.15) is 0 Å². The van der Waals surface area contributed by atoms with Gasteiger partial charge in [0, 0.05) is 32.8 Å². The Hall–Kier alpha value is -1.66. The summed E-state index contributed by atoms with van der Waals surface area (Å²) in [4.78, 5) is 10.5. The highest BCUT2D eigenvalue weighted by Crippen LogP contribution is 2.27. The molecule has 0 bridgehead atoms. The van der Waals surface area contributed by atoms with Crippen LogP contribution in [0.5, 0.6) is 0 Å². The fraction of sp³-hybridized carbons (Fsp3) is 0.500. The molecule has 6 nitrogen and oxygen atoms in total. The number of hydrogen-bond acceptors (Lipinski definition) is 5. The van der Waals surface area contributed by atoms with Crippen LogP contribution in [-0.4, -0.2) is 38.3 Å². The lowest BCUT2D eigenvalue weighted by atomic mass is 10.1. The van der Waals surface area contributed by atoms with Crippen molar-refractivity contribution in [1.82, 2.24) is 5.32 Å². The standard InChI is InChI=1S/C12H19N3O3/c1-10-4-3-5-11(15(16)17)12(10)14-7-6-13-8-9-18-2/h3-5,13-14H,6-9H2,1-2H3. The van der Waals surface area contributed by atoms with E-state index in [0.717, 1.165) is 18.7 Å². The lowest BCUT2D eigenvalue weighted by Gasteiger charge is -2.10. The van der Waals surface area contributed by atoms with E-state index in [2.05, 4.69) is 10.6 Å². The quantitative estimate of drug-likeness (QED) is 0.417. The molecule has 1 aromatic rings. The molecule has 0 aliphatic heterocycles. The van der Waals surface area contributed by atoms with Crippen LogP contribution in [0.1, 0.15) is 5.56 Å². The number of benzene rings is 1. The SMILES string of the molecule is COCCNCCNc1c(C)cccc1[N+](=O)[O-]. The summed E-state index contributed by atoms with van der Waals surface area (Å²) < 4.78 is 4.90. The van der Waals surface area contributed by atoms with Crippen molar-refractivity contribution in [2.24, 2.45) is 0 Å². The molecule has 0 spiro atoms. The van der Waals surface area contributed by atoms with Crippen molar-refractivity contribution in [2.45, 2.75) is 6.92 Å². The van der Waals surface area contributed by atoms with Gasteiger partial charge in [-0.15, -0.1) is 0 Å². The van der Waals surface area contributed by atoms with Gasteiger partial charge < -0.3 is 15.4 Å². The summed E-state index contributed by atoms with van der Waals surface area (Å²) in [6.07, 6.45) is 0. The lowest BCUT2D eigenvalue weighted by Crippen LogP contribution is -2.25.